The highest BCUT2D eigenvalue weighted by Gasteiger charge is 2.19. The molecule has 24 heavy (non-hydrogen) atoms. The van der Waals surface area contributed by atoms with E-state index in [1.54, 1.807) is 12.1 Å². The Morgan fingerprint density at radius 2 is 1.79 bits per heavy atom. The van der Waals surface area contributed by atoms with E-state index in [1.165, 1.54) is 0 Å². The van der Waals surface area contributed by atoms with Gasteiger partial charge in [0, 0.05) is 38.2 Å². The lowest BCUT2D eigenvalue weighted by Crippen LogP contribution is -2.45. The highest BCUT2D eigenvalue weighted by atomic mass is 16.1. The number of nitrogens with zero attached hydrogens (tertiary/aromatic N) is 5. The second-order valence-corrected chi connectivity index (χ2v) is 5.84. The van der Waals surface area contributed by atoms with E-state index in [1.807, 2.05) is 25.1 Å². The molecule has 0 spiro atoms. The lowest BCUT2D eigenvalue weighted by atomic mass is 10.2. The van der Waals surface area contributed by atoms with Crippen LogP contribution in [0.2, 0.25) is 0 Å². The van der Waals surface area contributed by atoms with Crippen LogP contribution in [0.1, 0.15) is 23.1 Å². The molecule has 3 rings (SSSR count). The molecule has 0 bridgehead atoms. The van der Waals surface area contributed by atoms with Crippen molar-refractivity contribution in [1.82, 2.24) is 19.9 Å². The number of carbonyl (C=O) groups excluding carboxylic acids is 1. The topological polar surface area (TPSA) is 74.2 Å². The van der Waals surface area contributed by atoms with Gasteiger partial charge in [0.05, 0.1) is 0 Å². The van der Waals surface area contributed by atoms with Crippen molar-refractivity contribution in [3.63, 3.8) is 0 Å². The summed E-state index contributed by atoms with van der Waals surface area (Å²) >= 11 is 0. The summed E-state index contributed by atoms with van der Waals surface area (Å²) in [6.45, 7) is 5.68. The van der Waals surface area contributed by atoms with Gasteiger partial charge < -0.3 is 9.80 Å². The minimum absolute atomic E-state index is 0.215. The number of aryl methyl sites for hydroxylation is 1. The fourth-order valence-electron chi connectivity index (χ4n) is 2.53. The van der Waals surface area contributed by atoms with E-state index in [-0.39, 0.29) is 5.91 Å². The summed E-state index contributed by atoms with van der Waals surface area (Å²) in [6, 6.07) is 9.06. The van der Waals surface area contributed by atoms with Gasteiger partial charge >= 0.3 is 0 Å². The first-order valence-corrected chi connectivity index (χ1v) is 8.20. The van der Waals surface area contributed by atoms with Crippen molar-refractivity contribution in [1.29, 1.82) is 0 Å². The van der Waals surface area contributed by atoms with Crippen molar-refractivity contribution in [2.24, 2.45) is 0 Å². The summed E-state index contributed by atoms with van der Waals surface area (Å²) in [6.07, 6.45) is 0.692. The minimum Gasteiger partial charge on any atom is -0.338 e. The Morgan fingerprint density at radius 3 is 2.46 bits per heavy atom. The van der Waals surface area contributed by atoms with E-state index in [0.29, 0.717) is 29.7 Å². The number of aromatic nitrogens is 3. The first kappa shape index (κ1) is 16.3. The first-order chi connectivity index (χ1) is 11.7. The van der Waals surface area contributed by atoms with Crippen LogP contribution in [-0.2, 0) is 6.42 Å². The number of rotatable bonds is 4. The molecule has 1 aromatic carbocycles. The third-order valence-electron chi connectivity index (χ3n) is 4.03. The minimum atomic E-state index is -0.215. The number of likely N-dealkylation sites (N-methyl/N-ethyl adjacent to an activating group) is 1. The van der Waals surface area contributed by atoms with Gasteiger partial charge in [0.1, 0.15) is 5.82 Å². The van der Waals surface area contributed by atoms with Gasteiger partial charge in [-0.2, -0.15) is 15.0 Å². The van der Waals surface area contributed by atoms with Crippen molar-refractivity contribution < 1.29 is 4.79 Å². The molecule has 1 N–H and O–H groups in total. The Labute approximate surface area is 141 Å². The van der Waals surface area contributed by atoms with Crippen LogP contribution in [0.4, 0.5) is 11.9 Å². The van der Waals surface area contributed by atoms with Gasteiger partial charge in [0.2, 0.25) is 11.9 Å². The molecule has 0 radical (unpaired) electrons. The fourth-order valence-corrected chi connectivity index (χ4v) is 2.53. The van der Waals surface area contributed by atoms with E-state index in [0.717, 1.165) is 26.2 Å². The zero-order valence-electron chi connectivity index (χ0n) is 14.1. The van der Waals surface area contributed by atoms with Gasteiger partial charge in [-0.15, -0.1) is 0 Å². The molecular formula is C17H22N6O. The summed E-state index contributed by atoms with van der Waals surface area (Å²) in [5.74, 6) is 1.42. The molecule has 1 saturated heterocycles. The molecule has 0 aliphatic carbocycles. The van der Waals surface area contributed by atoms with Gasteiger partial charge in [-0.25, -0.2) is 0 Å². The summed E-state index contributed by atoms with van der Waals surface area (Å²) in [5.41, 5.74) is 0.581. The maximum Gasteiger partial charge on any atom is 0.258 e. The number of carbonyl (C=O) groups is 1. The maximum absolute atomic E-state index is 12.3. The van der Waals surface area contributed by atoms with Crippen LogP contribution in [0.25, 0.3) is 0 Å². The lowest BCUT2D eigenvalue weighted by molar-refractivity contribution is 0.102. The number of benzene rings is 1. The third kappa shape index (κ3) is 3.86. The van der Waals surface area contributed by atoms with E-state index in [2.05, 4.69) is 37.1 Å². The second-order valence-electron chi connectivity index (χ2n) is 5.84. The quantitative estimate of drug-likeness (QED) is 0.916. The molecule has 1 aliphatic heterocycles. The molecule has 0 saturated carbocycles. The molecular weight excluding hydrogens is 304 g/mol. The van der Waals surface area contributed by atoms with Crippen LogP contribution in [0.5, 0.6) is 0 Å². The molecule has 0 atom stereocenters. The summed E-state index contributed by atoms with van der Waals surface area (Å²) in [4.78, 5) is 30.0. The number of nitrogens with one attached hydrogen (secondary N) is 1. The van der Waals surface area contributed by atoms with Gasteiger partial charge in [-0.1, -0.05) is 25.1 Å². The SMILES string of the molecule is CCc1nc(NC(=O)c2ccccc2)nc(N2CCN(C)CC2)n1. The number of hydrogen-bond donors (Lipinski definition) is 1. The molecule has 7 nitrogen and oxygen atoms in total. The average Bonchev–Trinajstić information content (AvgIpc) is 2.62. The number of amides is 1. The Kier molecular flexibility index (Phi) is 5.00. The van der Waals surface area contributed by atoms with Crippen LogP contribution in [0, 0.1) is 0 Å². The van der Waals surface area contributed by atoms with Gasteiger partial charge in [-0.05, 0) is 19.2 Å². The molecule has 1 aromatic heterocycles. The predicted octanol–water partition coefficient (Wildman–Crippen LogP) is 1.44. The zero-order chi connectivity index (χ0) is 16.9. The molecule has 1 amide bonds. The highest BCUT2D eigenvalue weighted by Crippen LogP contribution is 2.14. The summed E-state index contributed by atoms with van der Waals surface area (Å²) in [5, 5.41) is 2.78. The summed E-state index contributed by atoms with van der Waals surface area (Å²) in [7, 11) is 2.10. The number of anilines is 2. The Morgan fingerprint density at radius 1 is 1.08 bits per heavy atom. The van der Waals surface area contributed by atoms with Crippen molar-refractivity contribution in [2.75, 3.05) is 43.4 Å². The fraction of sp³-hybridized carbons (Fsp3) is 0.412. The highest BCUT2D eigenvalue weighted by molar-refractivity contribution is 6.03. The number of piperazine rings is 1. The van der Waals surface area contributed by atoms with Crippen LogP contribution in [-0.4, -0.2) is 59.0 Å². The van der Waals surface area contributed by atoms with Crippen LogP contribution in [0.15, 0.2) is 30.3 Å². The van der Waals surface area contributed by atoms with Crippen LogP contribution >= 0.6 is 0 Å². The van der Waals surface area contributed by atoms with E-state index in [4.69, 9.17) is 0 Å². The lowest BCUT2D eigenvalue weighted by Gasteiger charge is -2.32. The van der Waals surface area contributed by atoms with E-state index >= 15 is 0 Å². The summed E-state index contributed by atoms with van der Waals surface area (Å²) < 4.78 is 0. The van der Waals surface area contributed by atoms with Gasteiger partial charge in [0.25, 0.3) is 5.91 Å². The molecule has 126 valence electrons. The van der Waals surface area contributed by atoms with Gasteiger partial charge in [-0.3, -0.25) is 10.1 Å². The van der Waals surface area contributed by atoms with Crippen LogP contribution in [0.3, 0.4) is 0 Å². The van der Waals surface area contributed by atoms with Crippen molar-refractivity contribution >= 4 is 17.8 Å². The van der Waals surface area contributed by atoms with Crippen molar-refractivity contribution in [3.05, 3.63) is 41.7 Å². The molecule has 2 aromatic rings. The Hall–Kier alpha value is -2.54. The Balaban J connectivity index is 1.80. The molecule has 1 aliphatic rings. The largest absolute Gasteiger partial charge is 0.338 e. The van der Waals surface area contributed by atoms with Crippen molar-refractivity contribution in [3.8, 4) is 0 Å². The van der Waals surface area contributed by atoms with Gasteiger partial charge in [0.15, 0.2) is 0 Å². The Bertz CT molecular complexity index is 697. The average molecular weight is 326 g/mol. The standard InChI is InChI=1S/C17H22N6O/c1-3-14-18-16(20-15(24)13-7-5-4-6-8-13)21-17(19-14)23-11-9-22(2)10-12-23/h4-8H,3,9-12H2,1-2H3,(H,18,19,20,21,24). The maximum atomic E-state index is 12.3. The van der Waals surface area contributed by atoms with Crippen LogP contribution < -0.4 is 10.2 Å². The van der Waals surface area contributed by atoms with E-state index < -0.39 is 0 Å². The third-order valence-corrected chi connectivity index (χ3v) is 4.03. The van der Waals surface area contributed by atoms with Crippen molar-refractivity contribution in [2.45, 2.75) is 13.3 Å². The first-order valence-electron chi connectivity index (χ1n) is 8.20. The normalized spacial score (nSPS) is 15.3. The molecule has 7 heteroatoms. The predicted molar refractivity (Wildman–Crippen MR) is 93.3 cm³/mol. The second kappa shape index (κ2) is 7.35. The molecule has 2 heterocycles. The monoisotopic (exact) mass is 326 g/mol. The molecule has 1 fully saturated rings. The molecule has 0 unspecified atom stereocenters. The number of hydrogen-bond acceptors (Lipinski definition) is 6. The van der Waals surface area contributed by atoms with E-state index in [9.17, 15) is 4.79 Å². The zero-order valence-corrected chi connectivity index (χ0v) is 14.1. The smallest absolute Gasteiger partial charge is 0.258 e.